The predicted octanol–water partition coefficient (Wildman–Crippen LogP) is 4.10. The molecule has 5 nitrogen and oxygen atoms in total. The van der Waals surface area contributed by atoms with Crippen LogP contribution in [0.15, 0.2) is 29.3 Å². The Morgan fingerprint density at radius 3 is 2.85 bits per heavy atom. The molecule has 2 aliphatic heterocycles. The van der Waals surface area contributed by atoms with E-state index in [-0.39, 0.29) is 23.8 Å². The Hall–Kier alpha value is -2.14. The first kappa shape index (κ1) is 18.6. The second kappa shape index (κ2) is 7.23. The Labute approximate surface area is 155 Å². The van der Waals surface area contributed by atoms with Gasteiger partial charge in [0, 0.05) is 24.2 Å². The molecule has 0 aliphatic carbocycles. The molecule has 140 valence electrons. The fraction of sp³-hybridized carbons (Fsp3) is 0.524. The number of aliphatic imine (C=N–C) groups is 1. The molecule has 2 N–H and O–H groups in total. The Bertz CT molecular complexity index is 765. The number of hydrogen-bond donors (Lipinski definition) is 2. The number of aryl methyl sites for hydroxylation is 1. The number of benzene rings is 1. The normalized spacial score (nSPS) is 18.5. The topological polar surface area (TPSA) is 73.1 Å². The molecule has 0 saturated carbocycles. The van der Waals surface area contributed by atoms with Crippen LogP contribution in [0.1, 0.15) is 56.7 Å². The summed E-state index contributed by atoms with van der Waals surface area (Å²) in [6.07, 6.45) is 5.13. The zero-order valence-electron chi connectivity index (χ0n) is 15.8. The number of amides is 2. The maximum Gasteiger partial charge on any atom is 0.351 e. The van der Waals surface area contributed by atoms with Crippen molar-refractivity contribution in [2.75, 3.05) is 6.54 Å². The molecule has 0 fully saturated rings. The minimum Gasteiger partial charge on any atom is -0.496 e. The molecule has 0 radical (unpaired) electrons. The van der Waals surface area contributed by atoms with Gasteiger partial charge >= 0.3 is 6.03 Å². The summed E-state index contributed by atoms with van der Waals surface area (Å²) in [6, 6.07) is 5.92. The minimum absolute atomic E-state index is 0.0672. The summed E-state index contributed by atoms with van der Waals surface area (Å²) >= 11 is 0. The second-order valence-corrected chi connectivity index (χ2v) is 7.89. The van der Waals surface area contributed by atoms with Crippen molar-refractivity contribution in [3.63, 3.8) is 0 Å². The smallest absolute Gasteiger partial charge is 0.351 e. The highest BCUT2D eigenvalue weighted by Gasteiger charge is 2.28. The first-order valence-corrected chi connectivity index (χ1v) is 9.40. The third-order valence-corrected chi connectivity index (χ3v) is 5.79. The Balaban J connectivity index is 1.77. The summed E-state index contributed by atoms with van der Waals surface area (Å²) in [5.41, 5.74) is 4.23. The Kier molecular flexibility index (Phi) is 5.19. The van der Waals surface area contributed by atoms with E-state index in [0.29, 0.717) is 6.54 Å². The fourth-order valence-electron chi connectivity index (χ4n) is 3.51. The number of aliphatic hydroxyl groups excluding tert-OH is 2. The van der Waals surface area contributed by atoms with Gasteiger partial charge in [0.2, 0.25) is 0 Å². The van der Waals surface area contributed by atoms with Gasteiger partial charge in [0.25, 0.3) is 0 Å². The minimum atomic E-state index is -0.397. The van der Waals surface area contributed by atoms with Gasteiger partial charge < -0.3 is 10.2 Å². The van der Waals surface area contributed by atoms with Gasteiger partial charge in [0.05, 0.1) is 6.10 Å². The molecule has 2 aliphatic rings. The molecule has 0 bridgehead atoms. The summed E-state index contributed by atoms with van der Waals surface area (Å²) < 4.78 is 0. The molecule has 26 heavy (non-hydrogen) atoms. The number of urea groups is 1. The van der Waals surface area contributed by atoms with E-state index in [4.69, 9.17) is 0 Å². The van der Waals surface area contributed by atoms with Gasteiger partial charge in [-0.25, -0.2) is 4.79 Å². The van der Waals surface area contributed by atoms with Crippen LogP contribution in [0.3, 0.4) is 0 Å². The van der Waals surface area contributed by atoms with E-state index in [1.54, 1.807) is 4.90 Å². The lowest BCUT2D eigenvalue weighted by Gasteiger charge is -2.31. The van der Waals surface area contributed by atoms with Crippen molar-refractivity contribution >= 4 is 17.6 Å². The maximum absolute atomic E-state index is 12.1. The van der Waals surface area contributed by atoms with Crippen molar-refractivity contribution in [3.8, 4) is 0 Å². The summed E-state index contributed by atoms with van der Waals surface area (Å²) in [5.74, 6) is -0.136. The van der Waals surface area contributed by atoms with Crippen molar-refractivity contribution in [2.45, 2.75) is 59.0 Å². The van der Waals surface area contributed by atoms with E-state index in [0.717, 1.165) is 36.9 Å². The fourth-order valence-corrected chi connectivity index (χ4v) is 3.51. The van der Waals surface area contributed by atoms with E-state index in [2.05, 4.69) is 44.0 Å². The van der Waals surface area contributed by atoms with Crippen molar-refractivity contribution < 1.29 is 15.0 Å². The molecule has 5 heteroatoms. The first-order chi connectivity index (χ1) is 12.3. The molecule has 0 aromatic heterocycles. The lowest BCUT2D eigenvalue weighted by Crippen LogP contribution is -2.32. The zero-order valence-corrected chi connectivity index (χ0v) is 15.8. The molecule has 1 aromatic carbocycles. The van der Waals surface area contributed by atoms with Gasteiger partial charge in [-0.2, -0.15) is 4.99 Å². The van der Waals surface area contributed by atoms with E-state index in [9.17, 15) is 15.0 Å². The highest BCUT2D eigenvalue weighted by molar-refractivity contribution is 5.98. The molecule has 2 heterocycles. The number of carbonyl (C=O) groups excluding carboxylic acids is 1. The van der Waals surface area contributed by atoms with Crippen molar-refractivity contribution in [3.05, 3.63) is 41.0 Å². The van der Waals surface area contributed by atoms with Gasteiger partial charge in [0.1, 0.15) is 0 Å². The summed E-state index contributed by atoms with van der Waals surface area (Å²) in [7, 11) is 0. The summed E-state index contributed by atoms with van der Waals surface area (Å²) in [5, 5.41) is 20.1. The van der Waals surface area contributed by atoms with Crippen LogP contribution in [-0.4, -0.2) is 39.7 Å². The van der Waals surface area contributed by atoms with Gasteiger partial charge in [-0.3, -0.25) is 4.90 Å². The van der Waals surface area contributed by atoms with Gasteiger partial charge in [0.15, 0.2) is 5.90 Å². The first-order valence-electron chi connectivity index (χ1n) is 9.40. The van der Waals surface area contributed by atoms with E-state index >= 15 is 0 Å². The number of aliphatic hydroxyl groups is 2. The van der Waals surface area contributed by atoms with E-state index in [1.807, 2.05) is 6.08 Å². The lowest BCUT2D eigenvalue weighted by atomic mass is 9.81. The Morgan fingerprint density at radius 1 is 1.35 bits per heavy atom. The van der Waals surface area contributed by atoms with Crippen LogP contribution in [0.4, 0.5) is 4.79 Å². The van der Waals surface area contributed by atoms with Gasteiger partial charge in [-0.1, -0.05) is 45.0 Å². The molecular formula is C21H28N2O3. The molecule has 3 rings (SSSR count). The molecule has 1 aromatic rings. The molecule has 0 saturated heterocycles. The van der Waals surface area contributed by atoms with E-state index in [1.165, 1.54) is 11.1 Å². The quantitative estimate of drug-likeness (QED) is 0.834. The van der Waals surface area contributed by atoms with Crippen LogP contribution >= 0.6 is 0 Å². The van der Waals surface area contributed by atoms with Crippen LogP contribution in [0, 0.1) is 5.41 Å². The number of carbonyl (C=O) groups is 1. The average Bonchev–Trinajstić information content (AvgIpc) is 2.77. The van der Waals surface area contributed by atoms with E-state index < -0.39 is 6.03 Å². The highest BCUT2D eigenvalue weighted by Crippen LogP contribution is 2.33. The van der Waals surface area contributed by atoms with Crippen LogP contribution in [0.2, 0.25) is 0 Å². The number of hydrogen-bond acceptors (Lipinski definition) is 2. The monoisotopic (exact) mass is 356 g/mol. The zero-order chi connectivity index (χ0) is 18.9. The number of rotatable bonds is 5. The van der Waals surface area contributed by atoms with Gasteiger partial charge in [-0.15, -0.1) is 0 Å². The third kappa shape index (κ3) is 3.68. The summed E-state index contributed by atoms with van der Waals surface area (Å²) in [6.45, 7) is 6.89. The van der Waals surface area contributed by atoms with Crippen molar-refractivity contribution in [1.82, 2.24) is 4.90 Å². The predicted molar refractivity (Wildman–Crippen MR) is 103 cm³/mol. The largest absolute Gasteiger partial charge is 0.496 e. The van der Waals surface area contributed by atoms with Crippen LogP contribution in [-0.2, 0) is 12.8 Å². The van der Waals surface area contributed by atoms with Crippen LogP contribution < -0.4 is 0 Å². The molecule has 2 amide bonds. The lowest BCUT2D eigenvalue weighted by molar-refractivity contribution is 0.0408. The highest BCUT2D eigenvalue weighted by atomic mass is 16.3. The molecular weight excluding hydrogens is 328 g/mol. The summed E-state index contributed by atoms with van der Waals surface area (Å²) in [4.78, 5) is 17.5. The SMILES string of the molecule is CCC(C)(C)C(O)CCc1ccc2c(c1)CCN1C(=O)N=C(O)CC=C21. The molecule has 1 atom stereocenters. The van der Waals surface area contributed by atoms with Crippen LogP contribution in [0.25, 0.3) is 5.70 Å². The average molecular weight is 356 g/mol. The van der Waals surface area contributed by atoms with Crippen molar-refractivity contribution in [1.29, 1.82) is 0 Å². The molecule has 0 spiro atoms. The maximum atomic E-state index is 12.1. The second-order valence-electron chi connectivity index (χ2n) is 7.89. The number of nitrogens with zero attached hydrogens (tertiary/aromatic N) is 2. The molecule has 1 unspecified atom stereocenters. The van der Waals surface area contributed by atoms with Gasteiger partial charge in [-0.05, 0) is 42.2 Å². The van der Waals surface area contributed by atoms with Crippen molar-refractivity contribution in [2.24, 2.45) is 10.4 Å². The van der Waals surface area contributed by atoms with Crippen LogP contribution in [0.5, 0.6) is 0 Å². The number of fused-ring (bicyclic) bond motifs is 3. The Morgan fingerprint density at radius 2 is 2.12 bits per heavy atom. The standard InChI is InChI=1S/C21H28N2O3/c1-4-21(2,3)18(24)9-6-14-5-7-16-15(13-14)11-12-23-17(16)8-10-19(25)22-20(23)26/h5,7-8,13,18,24H,4,6,9-12H2,1-3H3,(H,22,25,26). The third-order valence-electron chi connectivity index (χ3n) is 5.79.